The lowest BCUT2D eigenvalue weighted by Crippen LogP contribution is -2.27. The van der Waals surface area contributed by atoms with Crippen molar-refractivity contribution in [1.29, 1.82) is 0 Å². The number of carbonyl (C=O) groups is 2. The molecule has 1 amide bonds. The van der Waals surface area contributed by atoms with Crippen LogP contribution in [0.15, 0.2) is 47.5 Å². The predicted octanol–water partition coefficient (Wildman–Crippen LogP) is 4.51. The van der Waals surface area contributed by atoms with Gasteiger partial charge in [-0.25, -0.2) is 4.79 Å². The smallest absolute Gasteiger partial charge is 0.417 e. The molecule has 0 bridgehead atoms. The Morgan fingerprint density at radius 1 is 1.20 bits per heavy atom. The number of amides is 1. The van der Waals surface area contributed by atoms with Crippen molar-refractivity contribution in [2.45, 2.75) is 25.6 Å². The summed E-state index contributed by atoms with van der Waals surface area (Å²) in [5, 5.41) is 9.59. The average molecular weight is 438 g/mol. The van der Waals surface area contributed by atoms with E-state index < -0.39 is 29.7 Å². The molecule has 0 radical (unpaired) electrons. The summed E-state index contributed by atoms with van der Waals surface area (Å²) in [4.78, 5) is 28.2. The molecule has 0 aliphatic carbocycles. The van der Waals surface area contributed by atoms with E-state index in [0.717, 1.165) is 6.07 Å². The third-order valence-corrected chi connectivity index (χ3v) is 5.58. The van der Waals surface area contributed by atoms with Crippen LogP contribution in [0.5, 0.6) is 5.75 Å². The summed E-state index contributed by atoms with van der Waals surface area (Å²) in [5.41, 5.74) is -0.651. The van der Waals surface area contributed by atoms with Crippen LogP contribution in [0.3, 0.4) is 0 Å². The van der Waals surface area contributed by atoms with Gasteiger partial charge in [0.25, 0.3) is 5.91 Å². The molecule has 3 rings (SSSR count). The first-order chi connectivity index (χ1) is 14.2. The van der Waals surface area contributed by atoms with Gasteiger partial charge in [0.15, 0.2) is 4.80 Å². The highest BCUT2D eigenvalue weighted by atomic mass is 32.1. The molecule has 0 spiro atoms. The number of alkyl halides is 3. The number of carboxylic acid groups (broad SMARTS) is 1. The molecule has 0 fully saturated rings. The van der Waals surface area contributed by atoms with Crippen LogP contribution in [0.1, 0.15) is 35.3 Å². The van der Waals surface area contributed by atoms with Crippen molar-refractivity contribution in [2.24, 2.45) is 4.99 Å². The van der Waals surface area contributed by atoms with Crippen LogP contribution in [0.2, 0.25) is 0 Å². The Hall–Kier alpha value is -3.14. The number of benzene rings is 2. The van der Waals surface area contributed by atoms with Gasteiger partial charge in [-0.3, -0.25) is 4.79 Å². The molecule has 0 aliphatic rings. The van der Waals surface area contributed by atoms with Crippen molar-refractivity contribution in [3.8, 4) is 5.75 Å². The van der Waals surface area contributed by atoms with Crippen LogP contribution in [-0.4, -0.2) is 28.7 Å². The van der Waals surface area contributed by atoms with E-state index in [2.05, 4.69) is 4.99 Å². The van der Waals surface area contributed by atoms with Crippen LogP contribution >= 0.6 is 11.3 Å². The monoisotopic (exact) mass is 438 g/mol. The summed E-state index contributed by atoms with van der Waals surface area (Å²) in [6, 6.07) is 8.38. The topological polar surface area (TPSA) is 80.9 Å². The number of aliphatic carboxylic acids is 1. The quantitative estimate of drug-likeness (QED) is 0.636. The molecule has 2 aromatic carbocycles. The number of thiazole rings is 1. The largest absolute Gasteiger partial charge is 0.497 e. The molecule has 3 aromatic rings. The van der Waals surface area contributed by atoms with Crippen LogP contribution < -0.4 is 9.54 Å². The number of hydrogen-bond donors (Lipinski definition) is 1. The summed E-state index contributed by atoms with van der Waals surface area (Å²) in [7, 11) is 1.47. The van der Waals surface area contributed by atoms with E-state index in [1.54, 1.807) is 19.1 Å². The van der Waals surface area contributed by atoms with Crippen molar-refractivity contribution in [3.05, 3.63) is 58.4 Å². The molecule has 30 heavy (non-hydrogen) atoms. The van der Waals surface area contributed by atoms with Crippen LogP contribution in [-0.2, 0) is 11.0 Å². The zero-order chi connectivity index (χ0) is 22.1. The first-order valence-corrected chi connectivity index (χ1v) is 9.66. The first-order valence-electron chi connectivity index (χ1n) is 8.84. The van der Waals surface area contributed by atoms with E-state index in [4.69, 9.17) is 4.74 Å². The van der Waals surface area contributed by atoms with Crippen molar-refractivity contribution < 1.29 is 32.6 Å². The number of methoxy groups -OCH3 is 1. The summed E-state index contributed by atoms with van der Waals surface area (Å²) >= 11 is 0.637. The Labute approximate surface area is 172 Å². The molecule has 6 nitrogen and oxygen atoms in total. The van der Waals surface area contributed by atoms with Crippen molar-refractivity contribution in [3.63, 3.8) is 0 Å². The average Bonchev–Trinajstić information content (AvgIpc) is 3.05. The number of ether oxygens (including phenoxy) is 1. The van der Waals surface area contributed by atoms with Gasteiger partial charge >= 0.3 is 12.1 Å². The predicted molar refractivity (Wildman–Crippen MR) is 105 cm³/mol. The molecule has 1 N–H and O–H groups in total. The number of aromatic nitrogens is 1. The zero-order valence-corrected chi connectivity index (χ0v) is 16.8. The molecule has 0 saturated heterocycles. The first kappa shape index (κ1) is 21.6. The van der Waals surface area contributed by atoms with Gasteiger partial charge in [-0.05, 0) is 42.8 Å². The van der Waals surface area contributed by atoms with E-state index in [9.17, 15) is 27.9 Å². The molecule has 1 atom stereocenters. The summed E-state index contributed by atoms with van der Waals surface area (Å²) in [6.45, 7) is 1.60. The minimum atomic E-state index is -4.63. The minimum absolute atomic E-state index is 0.0605. The number of nitrogens with zero attached hydrogens (tertiary/aromatic N) is 2. The Kier molecular flexibility index (Phi) is 5.97. The maximum atomic E-state index is 13.5. The molecule has 0 aliphatic heterocycles. The number of carbonyl (C=O) groups excluding carboxylic acids is 1. The maximum Gasteiger partial charge on any atom is 0.417 e. The van der Waals surface area contributed by atoms with E-state index in [-0.39, 0.29) is 27.0 Å². The Morgan fingerprint density at radius 2 is 1.87 bits per heavy atom. The third kappa shape index (κ3) is 4.09. The summed E-state index contributed by atoms with van der Waals surface area (Å²) in [5.74, 6) is -1.41. The molecular weight excluding hydrogens is 421 g/mol. The van der Waals surface area contributed by atoms with Crippen LogP contribution in [0.25, 0.3) is 10.2 Å². The van der Waals surface area contributed by atoms with Crippen molar-refractivity contribution in [1.82, 2.24) is 4.57 Å². The zero-order valence-electron chi connectivity index (χ0n) is 15.9. The highest BCUT2D eigenvalue weighted by Crippen LogP contribution is 2.37. The van der Waals surface area contributed by atoms with E-state index in [0.29, 0.717) is 17.1 Å². The Bertz CT molecular complexity index is 1160. The van der Waals surface area contributed by atoms with Crippen LogP contribution in [0, 0.1) is 0 Å². The maximum absolute atomic E-state index is 13.5. The van der Waals surface area contributed by atoms with Gasteiger partial charge in [-0.15, -0.1) is 0 Å². The number of fused-ring (bicyclic) bond motifs is 1. The van der Waals surface area contributed by atoms with E-state index in [1.165, 1.54) is 35.9 Å². The fourth-order valence-corrected chi connectivity index (χ4v) is 4.22. The normalized spacial score (nSPS) is 13.4. The molecule has 1 aromatic heterocycles. The number of rotatable bonds is 5. The lowest BCUT2D eigenvalue weighted by Gasteiger charge is -2.14. The van der Waals surface area contributed by atoms with Crippen molar-refractivity contribution in [2.75, 3.05) is 7.11 Å². The van der Waals surface area contributed by atoms with Gasteiger partial charge in [-0.2, -0.15) is 18.2 Å². The summed E-state index contributed by atoms with van der Waals surface area (Å²) < 4.78 is 46.4. The van der Waals surface area contributed by atoms with Gasteiger partial charge in [0.1, 0.15) is 11.8 Å². The molecule has 10 heteroatoms. The third-order valence-electron chi connectivity index (χ3n) is 4.48. The number of carboxylic acids is 1. The van der Waals surface area contributed by atoms with Gasteiger partial charge in [0.05, 0.1) is 22.9 Å². The van der Waals surface area contributed by atoms with Crippen molar-refractivity contribution >= 4 is 33.4 Å². The molecule has 0 saturated carbocycles. The lowest BCUT2D eigenvalue weighted by atomic mass is 10.1. The summed E-state index contributed by atoms with van der Waals surface area (Å²) in [6.07, 6.45) is -4.54. The minimum Gasteiger partial charge on any atom is -0.497 e. The molecule has 1 unspecified atom stereocenters. The van der Waals surface area contributed by atoms with Gasteiger partial charge < -0.3 is 14.4 Å². The second-order valence-electron chi connectivity index (χ2n) is 6.31. The van der Waals surface area contributed by atoms with Gasteiger partial charge in [0.2, 0.25) is 0 Å². The molecule has 1 heterocycles. The number of halogens is 3. The van der Waals surface area contributed by atoms with Gasteiger partial charge in [-0.1, -0.05) is 24.3 Å². The van der Waals surface area contributed by atoms with Gasteiger partial charge in [0, 0.05) is 5.56 Å². The lowest BCUT2D eigenvalue weighted by molar-refractivity contribution is -0.141. The SMILES string of the molecule is CCC(C(=O)O)n1c(=NC(=O)c2ccc(OC)cc2)sc2c(C(F)(F)F)cccc21. The Morgan fingerprint density at radius 3 is 2.40 bits per heavy atom. The Balaban J connectivity index is 2.27. The van der Waals surface area contributed by atoms with E-state index >= 15 is 0 Å². The molecule has 158 valence electrons. The highest BCUT2D eigenvalue weighted by molar-refractivity contribution is 7.16. The standard InChI is InChI=1S/C20H17F3N2O4S/c1-3-14(18(27)28)25-15-6-4-5-13(20(21,22)23)16(15)30-19(25)24-17(26)11-7-9-12(29-2)10-8-11/h4-10,14H,3H2,1-2H3,(H,27,28). The van der Waals surface area contributed by atoms with Crippen LogP contribution in [0.4, 0.5) is 13.2 Å². The fourth-order valence-electron chi connectivity index (χ4n) is 3.02. The number of hydrogen-bond acceptors (Lipinski definition) is 4. The fraction of sp³-hybridized carbons (Fsp3) is 0.250. The second-order valence-corrected chi connectivity index (χ2v) is 7.29. The van der Waals surface area contributed by atoms with E-state index in [1.807, 2.05) is 0 Å². The second kappa shape index (κ2) is 8.31. The highest BCUT2D eigenvalue weighted by Gasteiger charge is 2.34. The molecular formula is C20H17F3N2O4S.